The Labute approximate surface area is 151 Å². The number of para-hydroxylation sites is 1. The molecule has 3 aromatic rings. The van der Waals surface area contributed by atoms with Crippen LogP contribution >= 0.6 is 0 Å². The smallest absolute Gasteiger partial charge is 0.228 e. The topological polar surface area (TPSA) is 29.1 Å². The maximum atomic E-state index is 13.9. The fraction of sp³-hybridized carbons (Fsp3) is 0.136. The molecule has 1 N–H and O–H groups in total. The Bertz CT molecular complexity index is 804. The molecular weight excluding hydrogens is 332 g/mol. The van der Waals surface area contributed by atoms with Gasteiger partial charge in [0.15, 0.2) is 0 Å². The molecule has 26 heavy (non-hydrogen) atoms. The number of nitrogens with one attached hydrogen (secondary N) is 1. The fourth-order valence-corrected chi connectivity index (χ4v) is 2.90. The van der Waals surface area contributed by atoms with Crippen LogP contribution in [0.1, 0.15) is 11.1 Å². The van der Waals surface area contributed by atoms with Gasteiger partial charge in [-0.2, -0.15) is 0 Å². The molecule has 0 saturated heterocycles. The highest BCUT2D eigenvalue weighted by atomic mass is 19.1. The maximum Gasteiger partial charge on any atom is 0.228 e. The molecule has 0 fully saturated rings. The van der Waals surface area contributed by atoms with Crippen molar-refractivity contribution < 1.29 is 13.6 Å². The van der Waals surface area contributed by atoms with Gasteiger partial charge >= 0.3 is 0 Å². The van der Waals surface area contributed by atoms with Gasteiger partial charge in [-0.25, -0.2) is 8.78 Å². The number of carbonyl (C=O) groups is 1. The average molecular weight is 351 g/mol. The summed E-state index contributed by atoms with van der Waals surface area (Å²) in [4.78, 5) is 12.8. The monoisotopic (exact) mass is 351 g/mol. The Hall–Kier alpha value is -3.01. The summed E-state index contributed by atoms with van der Waals surface area (Å²) < 4.78 is 27.7. The van der Waals surface area contributed by atoms with Gasteiger partial charge in [0.25, 0.3) is 0 Å². The molecule has 0 radical (unpaired) electrons. The highest BCUT2D eigenvalue weighted by molar-refractivity contribution is 5.93. The minimum Gasteiger partial charge on any atom is -0.321 e. The second kappa shape index (κ2) is 8.39. The summed E-state index contributed by atoms with van der Waals surface area (Å²) in [6, 6.07) is 22.7. The SMILES string of the molecule is O=C(Nc1c(F)cccc1F)C(Cc1ccccc1)Cc1ccccc1. The number of benzene rings is 3. The van der Waals surface area contributed by atoms with Crippen molar-refractivity contribution in [2.75, 3.05) is 5.32 Å². The molecule has 132 valence electrons. The summed E-state index contributed by atoms with van der Waals surface area (Å²) in [6.07, 6.45) is 0.968. The summed E-state index contributed by atoms with van der Waals surface area (Å²) in [5.74, 6) is -2.41. The van der Waals surface area contributed by atoms with E-state index in [1.807, 2.05) is 60.7 Å². The Morgan fingerprint density at radius 3 is 1.65 bits per heavy atom. The summed E-state index contributed by atoms with van der Waals surface area (Å²) in [6.45, 7) is 0. The average Bonchev–Trinajstić information content (AvgIpc) is 2.66. The van der Waals surface area contributed by atoms with E-state index in [0.29, 0.717) is 12.8 Å². The number of amides is 1. The van der Waals surface area contributed by atoms with Gasteiger partial charge in [-0.15, -0.1) is 0 Å². The Morgan fingerprint density at radius 1 is 0.731 bits per heavy atom. The Kier molecular flexibility index (Phi) is 5.74. The molecule has 0 unspecified atom stereocenters. The molecule has 1 amide bonds. The van der Waals surface area contributed by atoms with Gasteiger partial charge in [-0.05, 0) is 36.1 Å². The zero-order valence-electron chi connectivity index (χ0n) is 14.2. The number of carbonyl (C=O) groups excluding carboxylic acids is 1. The highest BCUT2D eigenvalue weighted by Crippen LogP contribution is 2.21. The van der Waals surface area contributed by atoms with Crippen LogP contribution in [0, 0.1) is 17.6 Å². The fourth-order valence-electron chi connectivity index (χ4n) is 2.90. The van der Waals surface area contributed by atoms with E-state index in [9.17, 15) is 13.6 Å². The van der Waals surface area contributed by atoms with Gasteiger partial charge in [-0.3, -0.25) is 4.79 Å². The largest absolute Gasteiger partial charge is 0.321 e. The number of anilines is 1. The van der Waals surface area contributed by atoms with Crippen molar-refractivity contribution in [1.82, 2.24) is 0 Å². The lowest BCUT2D eigenvalue weighted by Gasteiger charge is -2.18. The van der Waals surface area contributed by atoms with Crippen LogP contribution in [0.4, 0.5) is 14.5 Å². The van der Waals surface area contributed by atoms with E-state index in [1.54, 1.807) is 0 Å². The quantitative estimate of drug-likeness (QED) is 0.665. The van der Waals surface area contributed by atoms with E-state index in [-0.39, 0.29) is 0 Å². The second-order valence-corrected chi connectivity index (χ2v) is 6.16. The summed E-state index contributed by atoms with van der Waals surface area (Å²) in [5.41, 5.74) is 1.60. The number of hydrogen-bond donors (Lipinski definition) is 1. The lowest BCUT2D eigenvalue weighted by molar-refractivity contribution is -0.119. The third kappa shape index (κ3) is 4.54. The lowest BCUT2D eigenvalue weighted by Crippen LogP contribution is -2.27. The van der Waals surface area contributed by atoms with E-state index in [2.05, 4.69) is 5.32 Å². The molecule has 0 bridgehead atoms. The van der Waals surface area contributed by atoms with Crippen LogP contribution in [0.15, 0.2) is 78.9 Å². The summed E-state index contributed by atoms with van der Waals surface area (Å²) in [5, 5.41) is 2.43. The summed E-state index contributed by atoms with van der Waals surface area (Å²) in [7, 11) is 0. The van der Waals surface area contributed by atoms with Crippen molar-refractivity contribution in [1.29, 1.82) is 0 Å². The van der Waals surface area contributed by atoms with Gasteiger partial charge in [0, 0.05) is 5.92 Å². The minimum absolute atomic E-state index is 0.399. The third-order valence-electron chi connectivity index (χ3n) is 4.23. The van der Waals surface area contributed by atoms with Crippen molar-refractivity contribution in [3.63, 3.8) is 0 Å². The molecule has 0 aliphatic carbocycles. The minimum atomic E-state index is -0.781. The summed E-state index contributed by atoms with van der Waals surface area (Å²) >= 11 is 0. The molecule has 0 spiro atoms. The van der Waals surface area contributed by atoms with Gasteiger partial charge in [0.1, 0.15) is 17.3 Å². The molecule has 0 aliphatic rings. The molecule has 4 heteroatoms. The van der Waals surface area contributed by atoms with Gasteiger partial charge in [0.2, 0.25) is 5.91 Å². The third-order valence-corrected chi connectivity index (χ3v) is 4.23. The normalized spacial score (nSPS) is 10.7. The zero-order valence-corrected chi connectivity index (χ0v) is 14.2. The number of rotatable bonds is 6. The first-order valence-electron chi connectivity index (χ1n) is 8.46. The molecule has 0 heterocycles. The predicted molar refractivity (Wildman–Crippen MR) is 98.8 cm³/mol. The molecule has 0 atom stereocenters. The van der Waals surface area contributed by atoms with Crippen molar-refractivity contribution in [3.05, 3.63) is 102 Å². The van der Waals surface area contributed by atoms with E-state index < -0.39 is 29.1 Å². The predicted octanol–water partition coefficient (Wildman–Crippen LogP) is 5.00. The van der Waals surface area contributed by atoms with Crippen LogP contribution in [0.25, 0.3) is 0 Å². The number of halogens is 2. The molecule has 3 aromatic carbocycles. The van der Waals surface area contributed by atoms with Gasteiger partial charge in [0.05, 0.1) is 0 Å². The van der Waals surface area contributed by atoms with Crippen molar-refractivity contribution >= 4 is 11.6 Å². The van der Waals surface area contributed by atoms with Crippen LogP contribution < -0.4 is 5.32 Å². The molecular formula is C22H19F2NO. The van der Waals surface area contributed by atoms with E-state index in [1.165, 1.54) is 6.07 Å². The van der Waals surface area contributed by atoms with Crippen LogP contribution in [0.3, 0.4) is 0 Å². The van der Waals surface area contributed by atoms with Crippen LogP contribution in [-0.2, 0) is 17.6 Å². The first-order valence-corrected chi connectivity index (χ1v) is 8.46. The standard InChI is InChI=1S/C22H19F2NO/c23-19-12-7-13-20(24)21(19)25-22(26)18(14-16-8-3-1-4-9-16)15-17-10-5-2-6-11-17/h1-13,18H,14-15H2,(H,25,26). The molecule has 0 saturated carbocycles. The van der Waals surface area contributed by atoms with Crippen molar-refractivity contribution in [3.8, 4) is 0 Å². The first-order chi connectivity index (χ1) is 12.6. The van der Waals surface area contributed by atoms with Crippen molar-refractivity contribution in [2.24, 2.45) is 5.92 Å². The Balaban J connectivity index is 1.83. The van der Waals surface area contributed by atoms with Crippen LogP contribution in [0.2, 0.25) is 0 Å². The van der Waals surface area contributed by atoms with E-state index in [4.69, 9.17) is 0 Å². The first kappa shape index (κ1) is 17.8. The zero-order chi connectivity index (χ0) is 18.4. The highest BCUT2D eigenvalue weighted by Gasteiger charge is 2.22. The van der Waals surface area contributed by atoms with Crippen LogP contribution in [0.5, 0.6) is 0 Å². The van der Waals surface area contributed by atoms with E-state index in [0.717, 1.165) is 23.3 Å². The maximum absolute atomic E-state index is 13.9. The molecule has 0 aromatic heterocycles. The van der Waals surface area contributed by atoms with Gasteiger partial charge < -0.3 is 5.32 Å². The number of hydrogen-bond acceptors (Lipinski definition) is 1. The molecule has 0 aliphatic heterocycles. The van der Waals surface area contributed by atoms with Gasteiger partial charge in [-0.1, -0.05) is 66.7 Å². The van der Waals surface area contributed by atoms with Crippen LogP contribution in [-0.4, -0.2) is 5.91 Å². The molecule has 3 rings (SSSR count). The lowest BCUT2D eigenvalue weighted by atomic mass is 9.91. The molecule has 2 nitrogen and oxygen atoms in total. The van der Waals surface area contributed by atoms with Crippen molar-refractivity contribution in [2.45, 2.75) is 12.8 Å². The van der Waals surface area contributed by atoms with E-state index >= 15 is 0 Å². The Morgan fingerprint density at radius 2 is 1.19 bits per heavy atom. The second-order valence-electron chi connectivity index (χ2n) is 6.16.